The summed E-state index contributed by atoms with van der Waals surface area (Å²) in [4.78, 5) is 15.0. The van der Waals surface area contributed by atoms with Crippen molar-refractivity contribution in [1.82, 2.24) is 4.90 Å². The molecule has 1 aromatic carbocycles. The van der Waals surface area contributed by atoms with Gasteiger partial charge in [0.05, 0.1) is 0 Å². The number of ether oxygens (including phenoxy) is 1. The number of nitrogens with zero attached hydrogens (tertiary/aromatic N) is 1. The second-order valence-corrected chi connectivity index (χ2v) is 7.21. The first kappa shape index (κ1) is 23.9. The van der Waals surface area contributed by atoms with Crippen molar-refractivity contribution in [2.24, 2.45) is 5.92 Å². The molecule has 2 atom stereocenters. The molecule has 2 unspecified atom stereocenters. The van der Waals surface area contributed by atoms with E-state index in [1.807, 2.05) is 32.0 Å². The fourth-order valence-electron chi connectivity index (χ4n) is 3.85. The second-order valence-electron chi connectivity index (χ2n) is 7.21. The summed E-state index contributed by atoms with van der Waals surface area (Å²) in [7, 11) is 0. The van der Waals surface area contributed by atoms with Gasteiger partial charge in [-0.15, -0.1) is 0 Å². The van der Waals surface area contributed by atoms with E-state index in [-0.39, 0.29) is 24.9 Å². The van der Waals surface area contributed by atoms with E-state index in [0.29, 0.717) is 12.1 Å². The molecule has 1 aliphatic carbocycles. The molecule has 0 aliphatic heterocycles. The maximum absolute atomic E-state index is 12.9. The molecular formula is C21H33ClNO4-. The lowest BCUT2D eigenvalue weighted by molar-refractivity contribution is -0.178. The van der Waals surface area contributed by atoms with Crippen LogP contribution in [0.1, 0.15) is 51.5 Å². The molecule has 1 saturated carbocycles. The van der Waals surface area contributed by atoms with Crippen LogP contribution in [-0.2, 0) is 15.1 Å². The molecule has 0 spiro atoms. The van der Waals surface area contributed by atoms with Crippen LogP contribution in [0.3, 0.4) is 0 Å². The number of aliphatic hydroxyl groups is 2. The summed E-state index contributed by atoms with van der Waals surface area (Å²) in [6.07, 6.45) is 4.02. The highest BCUT2D eigenvalue weighted by Gasteiger charge is 2.47. The molecule has 0 aromatic heterocycles. The van der Waals surface area contributed by atoms with Gasteiger partial charge >= 0.3 is 5.97 Å². The minimum absolute atomic E-state index is 0. The van der Waals surface area contributed by atoms with Gasteiger partial charge in [-0.25, -0.2) is 4.79 Å². The van der Waals surface area contributed by atoms with Crippen molar-refractivity contribution < 1.29 is 32.2 Å². The topological polar surface area (TPSA) is 70.0 Å². The number of hydrogen-bond donors (Lipinski definition) is 2. The summed E-state index contributed by atoms with van der Waals surface area (Å²) in [6, 6.07) is 9.08. The Morgan fingerprint density at radius 1 is 1.19 bits per heavy atom. The van der Waals surface area contributed by atoms with Crippen molar-refractivity contribution >= 4 is 5.97 Å². The van der Waals surface area contributed by atoms with Crippen molar-refractivity contribution in [3.8, 4) is 0 Å². The summed E-state index contributed by atoms with van der Waals surface area (Å²) >= 11 is 0. The summed E-state index contributed by atoms with van der Waals surface area (Å²) < 4.78 is 5.40. The van der Waals surface area contributed by atoms with E-state index in [2.05, 4.69) is 4.90 Å². The standard InChI is InChI=1S/C21H33NO4.ClH/c1-3-22(4-2)15-19(23)16-26-20(24)21(25,17-11-7-5-8-12-17)18-13-9-6-10-14-18;/h5,7-8,11-12,18-19,23,25H,3-4,6,9-10,13-16H2,1-2H3;1H/p-1. The lowest BCUT2D eigenvalue weighted by atomic mass is 9.73. The Balaban J connectivity index is 0.00000364. The largest absolute Gasteiger partial charge is 1.00 e. The van der Waals surface area contributed by atoms with Gasteiger partial charge in [-0.3, -0.25) is 0 Å². The zero-order valence-electron chi connectivity index (χ0n) is 16.4. The number of aliphatic hydroxyl groups excluding tert-OH is 1. The Hall–Kier alpha value is -1.14. The van der Waals surface area contributed by atoms with Crippen molar-refractivity contribution in [2.75, 3.05) is 26.2 Å². The van der Waals surface area contributed by atoms with Crippen molar-refractivity contribution in [3.63, 3.8) is 0 Å². The first-order valence-corrected chi connectivity index (χ1v) is 9.87. The molecule has 0 radical (unpaired) electrons. The van der Waals surface area contributed by atoms with Gasteiger partial charge in [0.15, 0.2) is 5.60 Å². The van der Waals surface area contributed by atoms with E-state index in [1.54, 1.807) is 12.1 Å². The van der Waals surface area contributed by atoms with Crippen LogP contribution in [0.5, 0.6) is 0 Å². The van der Waals surface area contributed by atoms with E-state index in [0.717, 1.165) is 45.2 Å². The third-order valence-electron chi connectivity index (χ3n) is 5.49. The van der Waals surface area contributed by atoms with E-state index >= 15 is 0 Å². The van der Waals surface area contributed by atoms with E-state index < -0.39 is 17.7 Å². The number of carbonyl (C=O) groups is 1. The zero-order chi connectivity index (χ0) is 19.0. The molecule has 2 N–H and O–H groups in total. The van der Waals surface area contributed by atoms with Gasteiger partial charge in [-0.05, 0) is 31.5 Å². The van der Waals surface area contributed by atoms with Crippen molar-refractivity contribution in [1.29, 1.82) is 0 Å². The minimum Gasteiger partial charge on any atom is -1.00 e. The molecule has 5 nitrogen and oxygen atoms in total. The number of likely N-dealkylation sites (N-methyl/N-ethyl adjacent to an activating group) is 1. The number of halogens is 1. The van der Waals surface area contributed by atoms with Crippen LogP contribution in [0.15, 0.2) is 30.3 Å². The number of benzene rings is 1. The van der Waals surface area contributed by atoms with Crippen LogP contribution in [-0.4, -0.2) is 53.4 Å². The summed E-state index contributed by atoms with van der Waals surface area (Å²) in [5, 5.41) is 21.6. The molecule has 0 amide bonds. The second kappa shape index (κ2) is 11.6. The van der Waals surface area contributed by atoms with Gasteiger partial charge < -0.3 is 32.3 Å². The Bertz CT molecular complexity index is 546. The molecule has 27 heavy (non-hydrogen) atoms. The number of carbonyl (C=O) groups excluding carboxylic acids is 1. The average molecular weight is 399 g/mol. The molecule has 154 valence electrons. The highest BCUT2D eigenvalue weighted by atomic mass is 35.5. The van der Waals surface area contributed by atoms with Crippen molar-refractivity contribution in [3.05, 3.63) is 35.9 Å². The van der Waals surface area contributed by atoms with Gasteiger partial charge in [0.25, 0.3) is 0 Å². The van der Waals surface area contributed by atoms with Crippen LogP contribution in [0.2, 0.25) is 0 Å². The van der Waals surface area contributed by atoms with E-state index in [9.17, 15) is 15.0 Å². The maximum Gasteiger partial charge on any atom is 0.343 e. The normalized spacial score (nSPS) is 18.4. The Morgan fingerprint density at radius 3 is 2.33 bits per heavy atom. The molecule has 2 rings (SSSR count). The predicted molar refractivity (Wildman–Crippen MR) is 102 cm³/mol. The fraction of sp³-hybridized carbons (Fsp3) is 0.667. The molecule has 1 aliphatic rings. The van der Waals surface area contributed by atoms with Crippen LogP contribution >= 0.6 is 0 Å². The minimum atomic E-state index is -1.64. The number of esters is 1. The highest BCUT2D eigenvalue weighted by molar-refractivity contribution is 5.81. The van der Waals surface area contributed by atoms with Crippen LogP contribution in [0, 0.1) is 5.92 Å². The van der Waals surface area contributed by atoms with Crippen molar-refractivity contribution in [2.45, 2.75) is 57.7 Å². The first-order valence-electron chi connectivity index (χ1n) is 9.87. The SMILES string of the molecule is CCN(CC)CC(O)COC(=O)C(O)(c1ccccc1)C1CCCCC1.[Cl-]. The molecule has 0 saturated heterocycles. The monoisotopic (exact) mass is 398 g/mol. The third kappa shape index (κ3) is 6.18. The lowest BCUT2D eigenvalue weighted by Crippen LogP contribution is -3.00. The predicted octanol–water partition coefficient (Wildman–Crippen LogP) is -0.296. The van der Waals surface area contributed by atoms with Crippen LogP contribution < -0.4 is 12.4 Å². The first-order chi connectivity index (χ1) is 12.5. The summed E-state index contributed by atoms with van der Waals surface area (Å²) in [6.45, 7) is 6.07. The average Bonchev–Trinajstić information content (AvgIpc) is 2.70. The van der Waals surface area contributed by atoms with Gasteiger partial charge in [0.1, 0.15) is 12.7 Å². The number of rotatable bonds is 9. The highest BCUT2D eigenvalue weighted by Crippen LogP contribution is 2.40. The van der Waals surface area contributed by atoms with Gasteiger partial charge in [0, 0.05) is 12.5 Å². The Kier molecular flexibility index (Phi) is 10.3. The van der Waals surface area contributed by atoms with Gasteiger partial charge in [-0.1, -0.05) is 63.4 Å². The third-order valence-corrected chi connectivity index (χ3v) is 5.49. The Morgan fingerprint density at radius 2 is 1.78 bits per heavy atom. The molecular weight excluding hydrogens is 366 g/mol. The molecule has 6 heteroatoms. The summed E-state index contributed by atoms with van der Waals surface area (Å²) in [5.74, 6) is -0.791. The van der Waals surface area contributed by atoms with E-state index in [1.165, 1.54) is 0 Å². The molecule has 1 aromatic rings. The molecule has 1 fully saturated rings. The van der Waals surface area contributed by atoms with Crippen LogP contribution in [0.25, 0.3) is 0 Å². The van der Waals surface area contributed by atoms with Gasteiger partial charge in [-0.2, -0.15) is 0 Å². The quantitative estimate of drug-likeness (QED) is 0.559. The summed E-state index contributed by atoms with van der Waals surface area (Å²) in [5.41, 5.74) is -1.06. The Labute approximate surface area is 169 Å². The maximum atomic E-state index is 12.9. The zero-order valence-corrected chi connectivity index (χ0v) is 17.2. The fourth-order valence-corrected chi connectivity index (χ4v) is 3.85. The lowest BCUT2D eigenvalue weighted by Gasteiger charge is -2.37. The van der Waals surface area contributed by atoms with Gasteiger partial charge in [0.2, 0.25) is 0 Å². The number of hydrogen-bond acceptors (Lipinski definition) is 5. The van der Waals surface area contributed by atoms with E-state index in [4.69, 9.17) is 4.74 Å². The van der Waals surface area contributed by atoms with Crippen LogP contribution in [0.4, 0.5) is 0 Å². The molecule has 0 bridgehead atoms. The molecule has 0 heterocycles. The smallest absolute Gasteiger partial charge is 0.343 e.